The van der Waals surface area contributed by atoms with E-state index in [0.717, 1.165) is 0 Å². The number of aliphatic carboxylic acids is 1. The third kappa shape index (κ3) is 5.60. The highest BCUT2D eigenvalue weighted by molar-refractivity contribution is 5.69. The number of carboxylic acids is 1. The second kappa shape index (κ2) is 6.86. The monoisotopic (exact) mass is 190 g/mol. The van der Waals surface area contributed by atoms with Crippen molar-refractivity contribution in [3.05, 3.63) is 0 Å². The predicted octanol–water partition coefficient (Wildman–Crippen LogP) is 1.50. The summed E-state index contributed by atoms with van der Waals surface area (Å²) in [7, 11) is 0. The lowest BCUT2D eigenvalue weighted by atomic mass is 10.1. The van der Waals surface area contributed by atoms with Crippen LogP contribution < -0.4 is 0 Å². The highest BCUT2D eigenvalue weighted by Crippen LogP contribution is 2.10. The predicted molar refractivity (Wildman–Crippen MR) is 48.5 cm³/mol. The summed E-state index contributed by atoms with van der Waals surface area (Å²) < 4.78 is 10.4. The fourth-order valence-electron chi connectivity index (χ4n) is 0.945. The quantitative estimate of drug-likeness (QED) is 0.618. The molecule has 1 unspecified atom stereocenters. The van der Waals surface area contributed by atoms with Crippen molar-refractivity contribution in [1.82, 2.24) is 0 Å². The lowest BCUT2D eigenvalue weighted by molar-refractivity contribution is -0.159. The molecule has 0 saturated carbocycles. The molecule has 78 valence electrons. The maximum atomic E-state index is 10.5. The van der Waals surface area contributed by atoms with E-state index in [9.17, 15) is 4.79 Å². The third-order valence-electron chi connectivity index (χ3n) is 1.67. The summed E-state index contributed by atoms with van der Waals surface area (Å²) in [5.74, 6) is -1.24. The molecule has 0 fully saturated rings. The van der Waals surface area contributed by atoms with E-state index >= 15 is 0 Å². The molecule has 1 N–H and O–H groups in total. The molecule has 0 aromatic rings. The molecule has 4 heteroatoms. The maximum Gasteiger partial charge on any atom is 0.306 e. The molecule has 0 aromatic carbocycles. The number of carboxylic acid groups (broad SMARTS) is 1. The standard InChI is InChI=1S/C9H18O4/c1-4-12-8(13-5-2)6-7(3)9(10)11/h7-8H,4-6H2,1-3H3,(H,10,11). The molecule has 0 heterocycles. The molecule has 0 aliphatic heterocycles. The van der Waals surface area contributed by atoms with E-state index in [4.69, 9.17) is 14.6 Å². The fraction of sp³-hybridized carbons (Fsp3) is 0.889. The van der Waals surface area contributed by atoms with E-state index in [1.165, 1.54) is 0 Å². The van der Waals surface area contributed by atoms with Crippen LogP contribution in [0.5, 0.6) is 0 Å². The van der Waals surface area contributed by atoms with Gasteiger partial charge in [0.2, 0.25) is 0 Å². The molecule has 0 aromatic heterocycles. The summed E-state index contributed by atoms with van der Waals surface area (Å²) in [4.78, 5) is 10.5. The van der Waals surface area contributed by atoms with E-state index in [2.05, 4.69) is 0 Å². The molecular weight excluding hydrogens is 172 g/mol. The van der Waals surface area contributed by atoms with Crippen LogP contribution in [-0.2, 0) is 14.3 Å². The largest absolute Gasteiger partial charge is 0.481 e. The number of ether oxygens (including phenoxy) is 2. The van der Waals surface area contributed by atoms with E-state index in [1.807, 2.05) is 13.8 Å². The topological polar surface area (TPSA) is 55.8 Å². The molecule has 1 atom stereocenters. The Bertz CT molecular complexity index is 141. The van der Waals surface area contributed by atoms with Gasteiger partial charge in [-0.2, -0.15) is 0 Å². The number of rotatable bonds is 7. The van der Waals surface area contributed by atoms with E-state index in [0.29, 0.717) is 19.6 Å². The third-order valence-corrected chi connectivity index (χ3v) is 1.67. The van der Waals surface area contributed by atoms with Crippen LogP contribution in [0.4, 0.5) is 0 Å². The molecule has 0 aliphatic carbocycles. The van der Waals surface area contributed by atoms with Crippen molar-refractivity contribution >= 4 is 5.97 Å². The van der Waals surface area contributed by atoms with Crippen LogP contribution in [0.15, 0.2) is 0 Å². The summed E-state index contributed by atoms with van der Waals surface area (Å²) in [5, 5.41) is 8.66. The van der Waals surface area contributed by atoms with E-state index < -0.39 is 11.9 Å². The Morgan fingerprint density at radius 2 is 1.77 bits per heavy atom. The zero-order valence-electron chi connectivity index (χ0n) is 8.45. The van der Waals surface area contributed by atoms with Gasteiger partial charge in [-0.3, -0.25) is 4.79 Å². The number of hydrogen-bond donors (Lipinski definition) is 1. The van der Waals surface area contributed by atoms with E-state index in [-0.39, 0.29) is 6.29 Å². The van der Waals surface area contributed by atoms with Gasteiger partial charge in [-0.05, 0) is 13.8 Å². The van der Waals surface area contributed by atoms with Crippen LogP contribution in [0, 0.1) is 5.92 Å². The van der Waals surface area contributed by atoms with Crippen molar-refractivity contribution in [3.8, 4) is 0 Å². The minimum Gasteiger partial charge on any atom is -0.481 e. The van der Waals surface area contributed by atoms with Crippen molar-refractivity contribution in [2.75, 3.05) is 13.2 Å². The first-order chi connectivity index (χ1) is 6.11. The van der Waals surface area contributed by atoms with Crippen LogP contribution in [-0.4, -0.2) is 30.6 Å². The lowest BCUT2D eigenvalue weighted by Gasteiger charge is -2.18. The Labute approximate surface area is 78.8 Å². The molecule has 0 amide bonds. The Morgan fingerprint density at radius 3 is 2.08 bits per heavy atom. The number of carbonyl (C=O) groups is 1. The highest BCUT2D eigenvalue weighted by atomic mass is 16.7. The van der Waals surface area contributed by atoms with Gasteiger partial charge < -0.3 is 14.6 Å². The fourth-order valence-corrected chi connectivity index (χ4v) is 0.945. The number of hydrogen-bond acceptors (Lipinski definition) is 3. The smallest absolute Gasteiger partial charge is 0.306 e. The average molecular weight is 190 g/mol. The Morgan fingerprint density at radius 1 is 1.31 bits per heavy atom. The van der Waals surface area contributed by atoms with Gasteiger partial charge >= 0.3 is 5.97 Å². The Hall–Kier alpha value is -0.610. The molecule has 0 rings (SSSR count). The van der Waals surface area contributed by atoms with Crippen molar-refractivity contribution in [2.45, 2.75) is 33.5 Å². The minimum atomic E-state index is -0.815. The van der Waals surface area contributed by atoms with E-state index in [1.54, 1.807) is 6.92 Å². The second-order valence-corrected chi connectivity index (χ2v) is 2.82. The Balaban J connectivity index is 3.85. The van der Waals surface area contributed by atoms with Crippen LogP contribution >= 0.6 is 0 Å². The van der Waals surface area contributed by atoms with Gasteiger partial charge in [0.05, 0.1) is 5.92 Å². The van der Waals surface area contributed by atoms with Gasteiger partial charge in [-0.1, -0.05) is 6.92 Å². The second-order valence-electron chi connectivity index (χ2n) is 2.82. The molecular formula is C9H18O4. The van der Waals surface area contributed by atoms with Crippen molar-refractivity contribution in [2.24, 2.45) is 5.92 Å². The summed E-state index contributed by atoms with van der Waals surface area (Å²) in [6.45, 7) is 6.44. The van der Waals surface area contributed by atoms with Gasteiger partial charge in [-0.25, -0.2) is 0 Å². The highest BCUT2D eigenvalue weighted by Gasteiger charge is 2.18. The lowest BCUT2D eigenvalue weighted by Crippen LogP contribution is -2.23. The van der Waals surface area contributed by atoms with Crippen molar-refractivity contribution in [1.29, 1.82) is 0 Å². The maximum absolute atomic E-state index is 10.5. The first-order valence-electron chi connectivity index (χ1n) is 4.57. The summed E-state index contributed by atoms with van der Waals surface area (Å²) in [6.07, 6.45) is 0.0119. The van der Waals surface area contributed by atoms with Gasteiger partial charge in [0.1, 0.15) is 0 Å². The van der Waals surface area contributed by atoms with Gasteiger partial charge in [-0.15, -0.1) is 0 Å². The van der Waals surface area contributed by atoms with Gasteiger partial charge in [0.25, 0.3) is 0 Å². The molecule has 4 nitrogen and oxygen atoms in total. The zero-order chi connectivity index (χ0) is 10.3. The van der Waals surface area contributed by atoms with Crippen LogP contribution in [0.3, 0.4) is 0 Å². The first kappa shape index (κ1) is 12.4. The molecule has 0 bridgehead atoms. The van der Waals surface area contributed by atoms with Crippen molar-refractivity contribution < 1.29 is 19.4 Å². The Kier molecular flexibility index (Phi) is 6.54. The normalized spacial score (nSPS) is 13.2. The first-order valence-corrected chi connectivity index (χ1v) is 4.57. The summed E-state index contributed by atoms with van der Waals surface area (Å²) in [6, 6.07) is 0. The average Bonchev–Trinajstić information content (AvgIpc) is 2.05. The zero-order valence-corrected chi connectivity index (χ0v) is 8.45. The van der Waals surface area contributed by atoms with Crippen LogP contribution in [0.25, 0.3) is 0 Å². The van der Waals surface area contributed by atoms with Gasteiger partial charge in [0, 0.05) is 19.6 Å². The molecule has 0 radical (unpaired) electrons. The van der Waals surface area contributed by atoms with Crippen molar-refractivity contribution in [3.63, 3.8) is 0 Å². The minimum absolute atomic E-state index is 0.388. The molecule has 0 spiro atoms. The summed E-state index contributed by atoms with van der Waals surface area (Å²) in [5.41, 5.74) is 0. The van der Waals surface area contributed by atoms with Crippen LogP contribution in [0.1, 0.15) is 27.2 Å². The molecule has 13 heavy (non-hydrogen) atoms. The van der Waals surface area contributed by atoms with Crippen LogP contribution in [0.2, 0.25) is 0 Å². The SMILES string of the molecule is CCOC(CC(C)C(=O)O)OCC. The van der Waals surface area contributed by atoms with Gasteiger partial charge in [0.15, 0.2) is 6.29 Å². The molecule has 0 saturated heterocycles. The summed E-state index contributed by atoms with van der Waals surface area (Å²) >= 11 is 0. The molecule has 0 aliphatic rings.